The van der Waals surface area contributed by atoms with Crippen LogP contribution in [0.25, 0.3) is 10.9 Å². The summed E-state index contributed by atoms with van der Waals surface area (Å²) in [5.41, 5.74) is 2.59. The van der Waals surface area contributed by atoms with Gasteiger partial charge in [0.25, 0.3) is 0 Å². The maximum absolute atomic E-state index is 13.3. The van der Waals surface area contributed by atoms with Gasteiger partial charge in [0.15, 0.2) is 5.78 Å². The number of ketones is 1. The minimum Gasteiger partial charge on any atom is -0.445 e. The molecule has 2 unspecified atom stereocenters. The van der Waals surface area contributed by atoms with Gasteiger partial charge >= 0.3 is 6.09 Å². The summed E-state index contributed by atoms with van der Waals surface area (Å²) in [6, 6.07) is 15.1. The van der Waals surface area contributed by atoms with E-state index < -0.39 is 0 Å². The van der Waals surface area contributed by atoms with Crippen molar-refractivity contribution in [3.05, 3.63) is 65.9 Å². The first kappa shape index (κ1) is 19.8. The van der Waals surface area contributed by atoms with Gasteiger partial charge in [-0.1, -0.05) is 42.5 Å². The van der Waals surface area contributed by atoms with E-state index in [9.17, 15) is 9.59 Å². The number of aryl methyl sites for hydroxylation is 1. The number of hydrogen-bond donors (Lipinski definition) is 0. The standard InChI is InChI=1S/C24H25N3O4/c1-26-22-11-17(7-8-18(22)12-25-26)23(28)19-9-20-14-30-15-21(10-19)27(20)24(29)31-13-16-5-3-2-4-6-16/h2-8,11-12,19-21H,9-10,13-15H2,1H3. The van der Waals surface area contributed by atoms with E-state index in [1.807, 2.05) is 55.6 Å². The molecule has 0 radical (unpaired) electrons. The van der Waals surface area contributed by atoms with E-state index >= 15 is 0 Å². The fourth-order valence-electron chi connectivity index (χ4n) is 4.75. The second kappa shape index (κ2) is 8.15. The number of hydrogen-bond acceptors (Lipinski definition) is 5. The zero-order valence-electron chi connectivity index (χ0n) is 17.4. The summed E-state index contributed by atoms with van der Waals surface area (Å²) < 4.78 is 13.1. The average Bonchev–Trinajstić information content (AvgIpc) is 3.17. The van der Waals surface area contributed by atoms with Crippen LogP contribution in [0.5, 0.6) is 0 Å². The van der Waals surface area contributed by atoms with Crippen LogP contribution in [0.3, 0.4) is 0 Å². The Labute approximate surface area is 180 Å². The predicted octanol–water partition coefficient (Wildman–Crippen LogP) is 3.57. The molecule has 3 heterocycles. The molecule has 2 fully saturated rings. The molecule has 2 aliphatic rings. The summed E-state index contributed by atoms with van der Waals surface area (Å²) in [5.74, 6) is -0.0138. The van der Waals surface area contributed by atoms with Gasteiger partial charge in [-0.3, -0.25) is 14.4 Å². The number of ether oxygens (including phenoxy) is 2. The Morgan fingerprint density at radius 3 is 2.58 bits per heavy atom. The second-order valence-corrected chi connectivity index (χ2v) is 8.37. The van der Waals surface area contributed by atoms with Crippen molar-refractivity contribution in [3.63, 3.8) is 0 Å². The topological polar surface area (TPSA) is 73.7 Å². The molecular formula is C24H25N3O4. The number of benzene rings is 2. The SMILES string of the molecule is Cn1ncc2ccc(C(=O)C3CC4COCC(C3)N4C(=O)OCc3ccccc3)cc21. The van der Waals surface area contributed by atoms with Gasteiger partial charge in [-0.25, -0.2) is 4.79 Å². The van der Waals surface area contributed by atoms with Gasteiger partial charge in [0.05, 0.1) is 37.0 Å². The number of carbonyl (C=O) groups excluding carboxylic acids is 2. The van der Waals surface area contributed by atoms with Crippen molar-refractivity contribution in [1.82, 2.24) is 14.7 Å². The third-order valence-electron chi connectivity index (χ3n) is 6.34. The van der Waals surface area contributed by atoms with Crippen LogP contribution in [0, 0.1) is 5.92 Å². The van der Waals surface area contributed by atoms with Crippen LogP contribution >= 0.6 is 0 Å². The molecule has 1 amide bonds. The van der Waals surface area contributed by atoms with Crippen molar-refractivity contribution in [2.45, 2.75) is 31.5 Å². The van der Waals surface area contributed by atoms with Gasteiger partial charge in [0.2, 0.25) is 0 Å². The lowest BCUT2D eigenvalue weighted by Gasteiger charge is -2.47. The van der Waals surface area contributed by atoms with E-state index in [1.165, 1.54) is 0 Å². The number of Topliss-reactive ketones (excluding diaryl/α,β-unsaturated/α-hetero) is 1. The van der Waals surface area contributed by atoms with Gasteiger partial charge in [-0.15, -0.1) is 0 Å². The minimum atomic E-state index is -0.329. The molecule has 160 valence electrons. The summed E-state index contributed by atoms with van der Waals surface area (Å²) in [6.45, 7) is 1.10. The van der Waals surface area contributed by atoms with Crippen molar-refractivity contribution >= 4 is 22.8 Å². The number of morpholine rings is 1. The minimum absolute atomic E-state index is 0.123. The van der Waals surface area contributed by atoms with Crippen LogP contribution in [0.2, 0.25) is 0 Å². The molecule has 0 aliphatic carbocycles. The first-order valence-corrected chi connectivity index (χ1v) is 10.6. The first-order valence-electron chi connectivity index (χ1n) is 10.6. The van der Waals surface area contributed by atoms with Gasteiger partial charge < -0.3 is 9.47 Å². The van der Waals surface area contributed by atoms with E-state index in [0.29, 0.717) is 31.6 Å². The highest BCUT2D eigenvalue weighted by molar-refractivity contribution is 6.01. The molecule has 3 aromatic rings. The summed E-state index contributed by atoms with van der Waals surface area (Å²) in [6.07, 6.45) is 2.63. The highest BCUT2D eigenvalue weighted by Gasteiger charge is 2.44. The fourth-order valence-corrected chi connectivity index (χ4v) is 4.75. The third-order valence-corrected chi connectivity index (χ3v) is 6.34. The number of rotatable bonds is 4. The van der Waals surface area contributed by atoms with E-state index in [2.05, 4.69) is 5.10 Å². The monoisotopic (exact) mass is 419 g/mol. The van der Waals surface area contributed by atoms with Crippen molar-refractivity contribution < 1.29 is 19.1 Å². The number of carbonyl (C=O) groups is 2. The average molecular weight is 419 g/mol. The van der Waals surface area contributed by atoms with Crippen LogP contribution in [0.4, 0.5) is 4.79 Å². The number of aromatic nitrogens is 2. The van der Waals surface area contributed by atoms with Gasteiger partial charge in [-0.2, -0.15) is 5.10 Å². The molecule has 5 rings (SSSR count). The quantitative estimate of drug-likeness (QED) is 0.605. The molecule has 1 aromatic heterocycles. The van der Waals surface area contributed by atoms with E-state index in [-0.39, 0.29) is 36.5 Å². The van der Waals surface area contributed by atoms with E-state index in [1.54, 1.807) is 15.8 Å². The smallest absolute Gasteiger partial charge is 0.410 e. The molecule has 0 spiro atoms. The second-order valence-electron chi connectivity index (χ2n) is 8.37. The van der Waals surface area contributed by atoms with Gasteiger partial charge in [0, 0.05) is 23.9 Å². The lowest BCUT2D eigenvalue weighted by molar-refractivity contribution is -0.0755. The van der Waals surface area contributed by atoms with Crippen LogP contribution in [0.15, 0.2) is 54.7 Å². The lowest BCUT2D eigenvalue weighted by atomic mass is 9.81. The van der Waals surface area contributed by atoms with Crippen LogP contribution in [0.1, 0.15) is 28.8 Å². The van der Waals surface area contributed by atoms with Crippen LogP contribution < -0.4 is 0 Å². The van der Waals surface area contributed by atoms with E-state index in [0.717, 1.165) is 16.5 Å². The molecule has 7 heteroatoms. The molecule has 31 heavy (non-hydrogen) atoms. The fraction of sp³-hybridized carbons (Fsp3) is 0.375. The van der Waals surface area contributed by atoms with Gasteiger partial charge in [0.1, 0.15) is 6.61 Å². The molecule has 2 aromatic carbocycles. The molecule has 0 saturated carbocycles. The zero-order valence-corrected chi connectivity index (χ0v) is 17.4. The third kappa shape index (κ3) is 3.81. The van der Waals surface area contributed by atoms with Gasteiger partial charge in [-0.05, 0) is 24.5 Å². The van der Waals surface area contributed by atoms with Crippen molar-refractivity contribution in [2.24, 2.45) is 13.0 Å². The normalized spacial score (nSPS) is 23.0. The molecule has 2 bridgehead atoms. The number of fused-ring (bicyclic) bond motifs is 3. The molecule has 2 atom stereocenters. The first-order chi connectivity index (χ1) is 15.1. The summed E-state index contributed by atoms with van der Waals surface area (Å²) in [7, 11) is 1.87. The maximum Gasteiger partial charge on any atom is 0.410 e. The van der Waals surface area contributed by atoms with Crippen LogP contribution in [-0.4, -0.2) is 51.9 Å². The lowest BCUT2D eigenvalue weighted by Crippen LogP contribution is -2.59. The number of nitrogens with zero attached hydrogens (tertiary/aromatic N) is 3. The van der Waals surface area contributed by atoms with Crippen molar-refractivity contribution in [1.29, 1.82) is 0 Å². The van der Waals surface area contributed by atoms with Crippen molar-refractivity contribution in [2.75, 3.05) is 13.2 Å². The Kier molecular flexibility index (Phi) is 5.19. The maximum atomic E-state index is 13.3. The molecule has 7 nitrogen and oxygen atoms in total. The predicted molar refractivity (Wildman–Crippen MR) is 115 cm³/mol. The molecule has 2 saturated heterocycles. The van der Waals surface area contributed by atoms with Crippen molar-refractivity contribution in [3.8, 4) is 0 Å². The summed E-state index contributed by atoms with van der Waals surface area (Å²) >= 11 is 0. The Morgan fingerprint density at radius 2 is 1.84 bits per heavy atom. The molecular weight excluding hydrogens is 394 g/mol. The zero-order chi connectivity index (χ0) is 21.4. The Morgan fingerprint density at radius 1 is 1.10 bits per heavy atom. The van der Waals surface area contributed by atoms with E-state index in [4.69, 9.17) is 9.47 Å². The Balaban J connectivity index is 1.29. The summed E-state index contributed by atoms with van der Waals surface area (Å²) in [5, 5.41) is 5.27. The molecule has 2 aliphatic heterocycles. The Bertz CT molecular complexity index is 1100. The number of amides is 1. The molecule has 0 N–H and O–H groups in total. The highest BCUT2D eigenvalue weighted by Crippen LogP contribution is 2.34. The summed E-state index contributed by atoms with van der Waals surface area (Å²) in [4.78, 5) is 27.9. The number of piperidine rings is 1. The largest absolute Gasteiger partial charge is 0.445 e. The Hall–Kier alpha value is -3.19. The van der Waals surface area contributed by atoms with Crippen LogP contribution in [-0.2, 0) is 23.1 Å². The highest BCUT2D eigenvalue weighted by atomic mass is 16.6.